The molecule has 2 aromatic rings. The Hall–Kier alpha value is -0.810. The van der Waals surface area contributed by atoms with Crippen LogP contribution in [-0.2, 0) is 23.1 Å². The fraction of sp³-hybridized carbons (Fsp3) is 0.400. The lowest BCUT2D eigenvalue weighted by Gasteiger charge is -2.03. The minimum absolute atomic E-state index is 0.0766. The zero-order valence-corrected chi connectivity index (χ0v) is 13.9. The summed E-state index contributed by atoms with van der Waals surface area (Å²) in [5.74, 6) is 0.466. The number of hydrogen-bond acceptors (Lipinski definition) is 6. The van der Waals surface area contributed by atoms with Gasteiger partial charge in [-0.2, -0.15) is 5.10 Å². The largest absolute Gasteiger partial charge is 0.312 e. The Kier molecular flexibility index (Phi) is 5.27. The molecule has 3 N–H and O–H groups in total. The summed E-state index contributed by atoms with van der Waals surface area (Å²) in [6.45, 7) is 3.56. The number of halogens is 1. The van der Waals surface area contributed by atoms with Crippen molar-refractivity contribution in [3.63, 3.8) is 0 Å². The van der Waals surface area contributed by atoms with Gasteiger partial charge in [0.2, 0.25) is 10.0 Å². The first-order valence-electron chi connectivity index (χ1n) is 5.85. The van der Waals surface area contributed by atoms with Gasteiger partial charge in [0, 0.05) is 11.4 Å². The summed E-state index contributed by atoms with van der Waals surface area (Å²) in [4.78, 5) is 5.07. The fourth-order valence-corrected chi connectivity index (χ4v) is 5.11. The number of thiophene rings is 1. The van der Waals surface area contributed by atoms with E-state index in [4.69, 9.17) is 0 Å². The van der Waals surface area contributed by atoms with Crippen LogP contribution < -0.4 is 10.0 Å². The molecule has 2 rings (SSSR count). The van der Waals surface area contributed by atoms with Gasteiger partial charge in [0.1, 0.15) is 17.0 Å². The molecule has 20 heavy (non-hydrogen) atoms. The number of nitrogens with zero attached hydrogens (tertiary/aromatic N) is 2. The second-order valence-electron chi connectivity index (χ2n) is 3.89. The summed E-state index contributed by atoms with van der Waals surface area (Å²) in [7, 11) is -3.57. The van der Waals surface area contributed by atoms with Gasteiger partial charge in [-0.15, -0.1) is 11.3 Å². The van der Waals surface area contributed by atoms with E-state index < -0.39 is 10.0 Å². The lowest BCUT2D eigenvalue weighted by atomic mass is 10.4. The molecule has 110 valence electrons. The summed E-state index contributed by atoms with van der Waals surface area (Å²) in [5, 5.41) is 9.43. The molecule has 0 fully saturated rings. The van der Waals surface area contributed by atoms with Crippen LogP contribution in [0.25, 0.3) is 0 Å². The highest BCUT2D eigenvalue weighted by atomic mass is 79.9. The Morgan fingerprint density at radius 3 is 2.90 bits per heavy atom. The highest BCUT2D eigenvalue weighted by molar-refractivity contribution is 9.11. The molecular formula is C10H14BrN5O2S2. The third kappa shape index (κ3) is 3.85. The summed E-state index contributed by atoms with van der Waals surface area (Å²) < 4.78 is 27.5. The monoisotopic (exact) mass is 379 g/mol. The highest BCUT2D eigenvalue weighted by Gasteiger charge is 2.20. The van der Waals surface area contributed by atoms with Crippen LogP contribution in [0.15, 0.2) is 21.1 Å². The molecule has 0 aromatic carbocycles. The van der Waals surface area contributed by atoms with Crippen LogP contribution in [0.4, 0.5) is 0 Å². The third-order valence-corrected chi connectivity index (χ3v) is 6.09. The molecule has 10 heteroatoms. The minimum Gasteiger partial charge on any atom is -0.312 e. The SMILES string of the molecule is CCNCc1cc(S(=O)(=O)NCc2ncn[nH]2)c(Br)s1. The predicted octanol–water partition coefficient (Wildman–Crippen LogP) is 1.22. The summed E-state index contributed by atoms with van der Waals surface area (Å²) >= 11 is 4.70. The Labute approximate surface area is 129 Å². The van der Waals surface area contributed by atoms with Gasteiger partial charge in [-0.05, 0) is 28.5 Å². The van der Waals surface area contributed by atoms with Crippen molar-refractivity contribution >= 4 is 37.3 Å². The van der Waals surface area contributed by atoms with Crippen molar-refractivity contribution in [3.8, 4) is 0 Å². The van der Waals surface area contributed by atoms with Crippen LogP contribution in [0.1, 0.15) is 17.6 Å². The Balaban J connectivity index is 2.10. The van der Waals surface area contributed by atoms with Crippen molar-refractivity contribution in [2.24, 2.45) is 0 Å². The molecule has 2 aromatic heterocycles. The molecule has 0 radical (unpaired) electrons. The van der Waals surface area contributed by atoms with E-state index in [1.54, 1.807) is 6.07 Å². The molecule has 0 spiro atoms. The first-order valence-corrected chi connectivity index (χ1v) is 8.95. The number of nitrogens with one attached hydrogen (secondary N) is 3. The second-order valence-corrected chi connectivity index (χ2v) is 8.08. The second kappa shape index (κ2) is 6.76. The average molecular weight is 380 g/mol. The third-order valence-electron chi connectivity index (χ3n) is 2.44. The zero-order valence-electron chi connectivity index (χ0n) is 10.7. The van der Waals surface area contributed by atoms with E-state index in [0.717, 1.165) is 11.4 Å². The number of rotatable bonds is 7. The summed E-state index contributed by atoms with van der Waals surface area (Å²) in [6, 6.07) is 1.67. The van der Waals surface area contributed by atoms with Crippen molar-refractivity contribution in [2.45, 2.75) is 24.9 Å². The van der Waals surface area contributed by atoms with E-state index in [1.165, 1.54) is 17.7 Å². The van der Waals surface area contributed by atoms with Gasteiger partial charge >= 0.3 is 0 Å². The molecule has 2 heterocycles. The van der Waals surface area contributed by atoms with E-state index in [0.29, 0.717) is 16.2 Å². The first-order chi connectivity index (χ1) is 9.53. The van der Waals surface area contributed by atoms with E-state index >= 15 is 0 Å². The maximum absolute atomic E-state index is 12.2. The van der Waals surface area contributed by atoms with E-state index in [2.05, 4.69) is 41.2 Å². The van der Waals surface area contributed by atoms with Crippen molar-refractivity contribution in [2.75, 3.05) is 6.54 Å². The van der Waals surface area contributed by atoms with Crippen LogP contribution in [-0.4, -0.2) is 30.1 Å². The molecule has 7 nitrogen and oxygen atoms in total. The van der Waals surface area contributed by atoms with Crippen LogP contribution in [0.3, 0.4) is 0 Å². The fourth-order valence-electron chi connectivity index (χ4n) is 1.47. The number of H-pyrrole nitrogens is 1. The molecule has 0 aliphatic carbocycles. The van der Waals surface area contributed by atoms with Gasteiger partial charge in [-0.3, -0.25) is 5.10 Å². The quantitative estimate of drug-likeness (QED) is 0.671. The minimum atomic E-state index is -3.57. The Morgan fingerprint density at radius 1 is 1.45 bits per heavy atom. The van der Waals surface area contributed by atoms with Gasteiger partial charge in [0.05, 0.1) is 10.3 Å². The molecule has 0 unspecified atom stereocenters. The lowest BCUT2D eigenvalue weighted by Crippen LogP contribution is -2.23. The van der Waals surface area contributed by atoms with E-state index in [1.807, 2.05) is 6.92 Å². The molecule has 0 atom stereocenters. The van der Waals surface area contributed by atoms with Crippen molar-refractivity contribution in [3.05, 3.63) is 26.9 Å². The molecule has 0 amide bonds. The molecule has 0 saturated carbocycles. The topological polar surface area (TPSA) is 99.8 Å². The average Bonchev–Trinajstić information content (AvgIpc) is 3.03. The van der Waals surface area contributed by atoms with Crippen LogP contribution in [0.5, 0.6) is 0 Å². The van der Waals surface area contributed by atoms with E-state index in [9.17, 15) is 8.42 Å². The maximum Gasteiger partial charge on any atom is 0.242 e. The Bertz CT molecular complexity index is 653. The van der Waals surface area contributed by atoms with Gasteiger partial charge < -0.3 is 5.32 Å². The number of sulfonamides is 1. The lowest BCUT2D eigenvalue weighted by molar-refractivity contribution is 0.579. The maximum atomic E-state index is 12.2. The predicted molar refractivity (Wildman–Crippen MR) is 79.8 cm³/mol. The first kappa shape index (κ1) is 15.6. The van der Waals surface area contributed by atoms with Gasteiger partial charge in [-0.25, -0.2) is 18.1 Å². The number of aromatic nitrogens is 3. The standard InChI is InChI=1S/C10H14BrN5O2S2/c1-2-12-4-7-3-8(10(11)19-7)20(17,18)15-5-9-13-6-14-16-9/h3,6,12,15H,2,4-5H2,1H3,(H,13,14,16). The molecular weight excluding hydrogens is 366 g/mol. The molecule has 0 aliphatic rings. The number of aromatic amines is 1. The van der Waals surface area contributed by atoms with Gasteiger partial charge in [-0.1, -0.05) is 6.92 Å². The summed E-state index contributed by atoms with van der Waals surface area (Å²) in [5.41, 5.74) is 0. The van der Waals surface area contributed by atoms with Crippen molar-refractivity contribution < 1.29 is 8.42 Å². The van der Waals surface area contributed by atoms with E-state index in [-0.39, 0.29) is 11.4 Å². The molecule has 0 aliphatic heterocycles. The van der Waals surface area contributed by atoms with Crippen molar-refractivity contribution in [1.29, 1.82) is 0 Å². The van der Waals surface area contributed by atoms with Crippen molar-refractivity contribution in [1.82, 2.24) is 25.2 Å². The smallest absolute Gasteiger partial charge is 0.242 e. The highest BCUT2D eigenvalue weighted by Crippen LogP contribution is 2.31. The van der Waals surface area contributed by atoms with Crippen LogP contribution in [0.2, 0.25) is 0 Å². The summed E-state index contributed by atoms with van der Waals surface area (Å²) in [6.07, 6.45) is 1.33. The van der Waals surface area contributed by atoms with Gasteiger partial charge in [0.25, 0.3) is 0 Å². The molecule has 0 bridgehead atoms. The van der Waals surface area contributed by atoms with Gasteiger partial charge in [0.15, 0.2) is 0 Å². The Morgan fingerprint density at radius 2 is 2.25 bits per heavy atom. The van der Waals surface area contributed by atoms with Crippen LogP contribution in [0, 0.1) is 0 Å². The van der Waals surface area contributed by atoms with Crippen LogP contribution >= 0.6 is 27.3 Å². The zero-order chi connectivity index (χ0) is 14.6. The normalized spacial score (nSPS) is 11.9. The number of hydrogen-bond donors (Lipinski definition) is 3. The molecule has 0 saturated heterocycles.